The second-order valence-corrected chi connectivity index (χ2v) is 10.5. The van der Waals surface area contributed by atoms with E-state index < -0.39 is 0 Å². The van der Waals surface area contributed by atoms with Gasteiger partial charge in [0.1, 0.15) is 23.7 Å². The zero-order chi connectivity index (χ0) is 26.1. The number of anilines is 1. The van der Waals surface area contributed by atoms with Gasteiger partial charge in [-0.05, 0) is 79.3 Å². The first-order chi connectivity index (χ1) is 18.6. The molecule has 1 N–H and O–H groups in total. The lowest BCUT2D eigenvalue weighted by Crippen LogP contribution is -2.25. The van der Waals surface area contributed by atoms with E-state index >= 15 is 0 Å². The van der Waals surface area contributed by atoms with E-state index in [0.29, 0.717) is 18.2 Å². The summed E-state index contributed by atoms with van der Waals surface area (Å²) in [4.78, 5) is 0. The van der Waals surface area contributed by atoms with Crippen molar-refractivity contribution in [1.29, 1.82) is 5.26 Å². The lowest BCUT2D eigenvalue weighted by molar-refractivity contribution is 0.0256. The minimum atomic E-state index is -0.216. The van der Waals surface area contributed by atoms with Gasteiger partial charge in [0.25, 0.3) is 0 Å². The van der Waals surface area contributed by atoms with Crippen molar-refractivity contribution in [1.82, 2.24) is 4.57 Å². The predicted molar refractivity (Wildman–Crippen MR) is 148 cm³/mol. The monoisotopic (exact) mass is 509 g/mol. The molecular formula is C32H32FN3O2. The highest BCUT2D eigenvalue weighted by Crippen LogP contribution is 2.43. The van der Waals surface area contributed by atoms with Gasteiger partial charge < -0.3 is 19.4 Å². The second-order valence-electron chi connectivity index (χ2n) is 10.5. The topological polar surface area (TPSA) is 59.2 Å². The van der Waals surface area contributed by atoms with Crippen LogP contribution in [0.5, 0.6) is 5.75 Å². The Labute approximate surface area is 222 Å². The van der Waals surface area contributed by atoms with Crippen molar-refractivity contribution in [2.24, 2.45) is 0 Å². The molecular weight excluding hydrogens is 477 g/mol. The summed E-state index contributed by atoms with van der Waals surface area (Å²) in [5, 5.41) is 14.6. The molecule has 194 valence electrons. The van der Waals surface area contributed by atoms with Crippen LogP contribution in [0.1, 0.15) is 54.8 Å². The molecule has 2 heterocycles. The lowest BCUT2D eigenvalue weighted by Gasteiger charge is -2.30. The molecule has 38 heavy (non-hydrogen) atoms. The quantitative estimate of drug-likeness (QED) is 0.280. The molecule has 1 aromatic heterocycles. The van der Waals surface area contributed by atoms with Crippen molar-refractivity contribution in [2.75, 3.05) is 18.5 Å². The van der Waals surface area contributed by atoms with E-state index in [1.54, 1.807) is 6.07 Å². The highest BCUT2D eigenvalue weighted by Gasteiger charge is 2.28. The summed E-state index contributed by atoms with van der Waals surface area (Å²) >= 11 is 0. The molecule has 0 atom stereocenters. The van der Waals surface area contributed by atoms with Gasteiger partial charge in [-0.2, -0.15) is 5.26 Å². The van der Waals surface area contributed by atoms with Gasteiger partial charge in [0.2, 0.25) is 0 Å². The largest absolute Gasteiger partial charge is 0.490 e. The number of benzene rings is 3. The maximum absolute atomic E-state index is 13.8. The van der Waals surface area contributed by atoms with E-state index in [1.165, 1.54) is 12.5 Å². The number of nitrogens with one attached hydrogen (secondary N) is 1. The van der Waals surface area contributed by atoms with Gasteiger partial charge in [-0.25, -0.2) is 4.39 Å². The third kappa shape index (κ3) is 4.87. The maximum atomic E-state index is 13.8. The van der Waals surface area contributed by atoms with E-state index in [2.05, 4.69) is 34.2 Å². The number of hydrogen-bond donors (Lipinski definition) is 1. The number of aromatic nitrogens is 1. The average molecular weight is 510 g/mol. The Morgan fingerprint density at radius 3 is 2.50 bits per heavy atom. The summed E-state index contributed by atoms with van der Waals surface area (Å²) in [7, 11) is 0. The minimum Gasteiger partial charge on any atom is -0.490 e. The minimum absolute atomic E-state index is 0.166. The summed E-state index contributed by atoms with van der Waals surface area (Å²) < 4.78 is 27.9. The molecule has 1 saturated heterocycles. The fraction of sp³-hybridized carbons (Fsp3) is 0.344. The molecule has 4 aromatic rings. The van der Waals surface area contributed by atoms with Crippen LogP contribution in [-0.2, 0) is 11.3 Å². The van der Waals surface area contributed by atoms with E-state index in [1.807, 2.05) is 37.3 Å². The molecule has 3 aromatic carbocycles. The highest BCUT2D eigenvalue weighted by molar-refractivity contribution is 5.95. The van der Waals surface area contributed by atoms with Crippen LogP contribution in [0, 0.1) is 24.1 Å². The summed E-state index contributed by atoms with van der Waals surface area (Å²) in [6, 6.07) is 22.3. The first-order valence-corrected chi connectivity index (χ1v) is 13.5. The van der Waals surface area contributed by atoms with Crippen molar-refractivity contribution in [3.63, 3.8) is 0 Å². The second kappa shape index (κ2) is 10.5. The van der Waals surface area contributed by atoms with E-state index in [-0.39, 0.29) is 11.9 Å². The zero-order valence-corrected chi connectivity index (χ0v) is 21.7. The van der Waals surface area contributed by atoms with Gasteiger partial charge in [-0.3, -0.25) is 0 Å². The maximum Gasteiger partial charge on any atom is 0.123 e. The van der Waals surface area contributed by atoms with Crippen LogP contribution in [0.2, 0.25) is 0 Å². The number of nitriles is 1. The first kappa shape index (κ1) is 24.5. The summed E-state index contributed by atoms with van der Waals surface area (Å²) in [5.74, 6) is 0.636. The van der Waals surface area contributed by atoms with Crippen molar-refractivity contribution in [3.8, 4) is 23.1 Å². The number of aryl methyl sites for hydroxylation is 1. The SMILES string of the molecule is Cc1cc(F)cc(CNc2ccc(-c3c(C#N)c4ccc(OC5CCOCC5)cc4n3C3CCC3)cc2)c1. The van der Waals surface area contributed by atoms with Gasteiger partial charge in [0, 0.05) is 42.6 Å². The van der Waals surface area contributed by atoms with Crippen LogP contribution in [0.3, 0.4) is 0 Å². The Balaban J connectivity index is 1.32. The van der Waals surface area contributed by atoms with Crippen LogP contribution >= 0.6 is 0 Å². The Kier molecular flexibility index (Phi) is 6.78. The third-order valence-electron chi connectivity index (χ3n) is 7.76. The third-order valence-corrected chi connectivity index (χ3v) is 7.76. The molecule has 0 unspecified atom stereocenters. The number of halogens is 1. The van der Waals surface area contributed by atoms with Crippen molar-refractivity contribution >= 4 is 16.6 Å². The van der Waals surface area contributed by atoms with Gasteiger partial charge in [-0.15, -0.1) is 0 Å². The molecule has 1 aliphatic carbocycles. The highest BCUT2D eigenvalue weighted by atomic mass is 19.1. The Hall–Kier alpha value is -3.82. The van der Waals surface area contributed by atoms with Gasteiger partial charge in [-0.1, -0.05) is 18.2 Å². The van der Waals surface area contributed by atoms with Crippen molar-refractivity contribution in [3.05, 3.63) is 83.2 Å². The zero-order valence-electron chi connectivity index (χ0n) is 21.7. The molecule has 0 bridgehead atoms. The van der Waals surface area contributed by atoms with Crippen molar-refractivity contribution in [2.45, 2.75) is 57.7 Å². The molecule has 0 amide bonds. The van der Waals surface area contributed by atoms with Crippen LogP contribution in [0.4, 0.5) is 10.1 Å². The number of ether oxygens (including phenoxy) is 2. The average Bonchev–Trinajstić information content (AvgIpc) is 3.20. The van der Waals surface area contributed by atoms with Gasteiger partial charge in [0.05, 0.1) is 30.0 Å². The molecule has 0 radical (unpaired) electrons. The van der Waals surface area contributed by atoms with E-state index in [9.17, 15) is 9.65 Å². The molecule has 1 aliphatic heterocycles. The summed E-state index contributed by atoms with van der Waals surface area (Å²) in [6.07, 6.45) is 5.38. The molecule has 2 fully saturated rings. The molecule has 6 rings (SSSR count). The molecule has 1 saturated carbocycles. The number of rotatable bonds is 7. The molecule has 0 spiro atoms. The Morgan fingerprint density at radius 2 is 1.82 bits per heavy atom. The fourth-order valence-electron chi connectivity index (χ4n) is 5.64. The van der Waals surface area contributed by atoms with Crippen molar-refractivity contribution < 1.29 is 13.9 Å². The van der Waals surface area contributed by atoms with E-state index in [0.717, 1.165) is 83.6 Å². The summed E-state index contributed by atoms with van der Waals surface area (Å²) in [6.45, 7) is 3.91. The number of hydrogen-bond acceptors (Lipinski definition) is 4. The Bertz CT molecular complexity index is 1470. The summed E-state index contributed by atoms with van der Waals surface area (Å²) in [5.41, 5.74) is 6.53. The molecule has 5 nitrogen and oxygen atoms in total. The van der Waals surface area contributed by atoms with Crippen LogP contribution in [0.15, 0.2) is 60.7 Å². The predicted octanol–water partition coefficient (Wildman–Crippen LogP) is 7.52. The smallest absolute Gasteiger partial charge is 0.123 e. The lowest BCUT2D eigenvalue weighted by atomic mass is 9.92. The standard InChI is InChI=1S/C32H32FN3O2/c1-21-15-22(17-24(33)16-21)20-35-25-7-5-23(6-8-25)32-30(19-34)29-10-9-28(38-27-11-13-37-14-12-27)18-31(29)36(32)26-3-2-4-26/h5-10,15-18,26-27,35H,2-4,11-14,20H2,1H3. The fourth-order valence-corrected chi connectivity index (χ4v) is 5.64. The number of fused-ring (bicyclic) bond motifs is 1. The molecule has 2 aliphatic rings. The van der Waals surface area contributed by atoms with Gasteiger partial charge in [0.15, 0.2) is 0 Å². The van der Waals surface area contributed by atoms with Crippen LogP contribution in [0.25, 0.3) is 22.2 Å². The van der Waals surface area contributed by atoms with Crippen LogP contribution in [-0.4, -0.2) is 23.9 Å². The molecule has 6 heteroatoms. The van der Waals surface area contributed by atoms with E-state index in [4.69, 9.17) is 9.47 Å². The van der Waals surface area contributed by atoms with Gasteiger partial charge >= 0.3 is 0 Å². The normalized spacial score (nSPS) is 16.2. The first-order valence-electron chi connectivity index (χ1n) is 13.5. The number of nitrogens with zero attached hydrogens (tertiary/aromatic N) is 2. The van der Waals surface area contributed by atoms with Crippen LogP contribution < -0.4 is 10.1 Å². The Morgan fingerprint density at radius 1 is 1.03 bits per heavy atom.